The van der Waals surface area contributed by atoms with Crippen LogP contribution >= 0.6 is 0 Å². The molecule has 1 aliphatic carbocycles. The molecule has 2 amide bonds. The Morgan fingerprint density at radius 3 is 2.20 bits per heavy atom. The number of benzene rings is 5. The maximum Gasteiger partial charge on any atom is 0.339 e. The first kappa shape index (κ1) is 46.1. The smallest absolute Gasteiger partial charge is 0.339 e. The van der Waals surface area contributed by atoms with E-state index in [1.807, 2.05) is 97.1 Å². The Morgan fingerprint density at radius 1 is 0.831 bits per heavy atom. The molecule has 5 aromatic rings. The Labute approximate surface area is 378 Å². The summed E-state index contributed by atoms with van der Waals surface area (Å²) >= 11 is 0. The van der Waals surface area contributed by atoms with Crippen molar-refractivity contribution in [2.45, 2.75) is 88.7 Å². The number of para-hydroxylation sites is 1. The topological polar surface area (TPSA) is 170 Å². The molecule has 0 aromatic heterocycles. The number of ether oxygens (including phenoxy) is 4. The molecule has 4 unspecified atom stereocenters. The van der Waals surface area contributed by atoms with Crippen molar-refractivity contribution in [3.63, 3.8) is 0 Å². The monoisotopic (exact) mass is 878 g/mol. The van der Waals surface area contributed by atoms with Crippen molar-refractivity contribution in [3.8, 4) is 5.75 Å². The van der Waals surface area contributed by atoms with Crippen LogP contribution in [-0.4, -0.2) is 70.5 Å². The lowest BCUT2D eigenvalue weighted by molar-refractivity contribution is -0.157. The number of nitrogens with one attached hydrogen (secondary N) is 2. The minimum Gasteiger partial charge on any atom is -0.508 e. The molecule has 0 bridgehead atoms. The molecule has 4 N–H and O–H groups in total. The highest BCUT2D eigenvalue weighted by Gasteiger charge is 2.55. The third-order valence-electron chi connectivity index (χ3n) is 11.1. The van der Waals surface area contributed by atoms with E-state index < -0.39 is 59.5 Å². The molecule has 0 radical (unpaired) electrons. The zero-order valence-corrected chi connectivity index (χ0v) is 36.6. The van der Waals surface area contributed by atoms with E-state index in [1.165, 1.54) is 0 Å². The van der Waals surface area contributed by atoms with Gasteiger partial charge in [-0.1, -0.05) is 121 Å². The number of allylic oxidation sites excluding steroid dienone is 1. The number of hydrogen-bond acceptors (Lipinski definition) is 10. The molecule has 1 saturated heterocycles. The Bertz CT molecular complexity index is 2490. The van der Waals surface area contributed by atoms with Crippen LogP contribution in [0.3, 0.4) is 0 Å². The summed E-state index contributed by atoms with van der Waals surface area (Å²) in [5.41, 5.74) is 3.74. The first-order chi connectivity index (χ1) is 31.3. The van der Waals surface area contributed by atoms with Crippen molar-refractivity contribution in [1.82, 2.24) is 10.6 Å². The van der Waals surface area contributed by atoms with Crippen molar-refractivity contribution >= 4 is 29.8 Å². The van der Waals surface area contributed by atoms with Crippen molar-refractivity contribution in [3.05, 3.63) is 190 Å². The third-order valence-corrected chi connectivity index (χ3v) is 11.1. The standard InChI is InChI=1S/C53H54N2O10/c1-52(2,3)64-47(58)29-28-42(34-56)55-50(60)38-21-14-16-35(30-38)33-54-49(59)39-31-45(62-51(61)43-26-12-10-17-36(43)19-15-20-37-18-11-13-27-44(37)57)48-46(32-39)63-53(65-48,40-22-6-4-7-23-40)41-24-8-5-9-25-41/h4-19,21-27,30,32,42,45-46,48,56-57H,20,28-29,31,33-34H2,1-3H3,(H,54,59)(H,55,60). The van der Waals surface area contributed by atoms with Gasteiger partial charge in [-0.15, -0.1) is 0 Å². The van der Waals surface area contributed by atoms with Crippen LogP contribution in [0.1, 0.15) is 88.6 Å². The van der Waals surface area contributed by atoms with Crippen LogP contribution in [0.4, 0.5) is 0 Å². The average molecular weight is 879 g/mol. The van der Waals surface area contributed by atoms with E-state index in [1.54, 1.807) is 75.4 Å². The minimum atomic E-state index is -1.39. The van der Waals surface area contributed by atoms with Crippen LogP contribution in [-0.2, 0) is 47.3 Å². The summed E-state index contributed by atoms with van der Waals surface area (Å²) in [6, 6.07) is 39.2. The fourth-order valence-corrected chi connectivity index (χ4v) is 7.90. The van der Waals surface area contributed by atoms with Gasteiger partial charge in [-0.05, 0) is 80.6 Å². The van der Waals surface area contributed by atoms with Gasteiger partial charge < -0.3 is 39.8 Å². The number of rotatable bonds is 16. The van der Waals surface area contributed by atoms with Gasteiger partial charge in [0.2, 0.25) is 11.7 Å². The Hall–Kier alpha value is -6.86. The number of aliphatic hydroxyl groups excluding tert-OH is 1. The zero-order chi connectivity index (χ0) is 46.0. The van der Waals surface area contributed by atoms with Gasteiger partial charge in [0.15, 0.2) is 0 Å². The van der Waals surface area contributed by atoms with Crippen LogP contribution in [0, 0.1) is 0 Å². The largest absolute Gasteiger partial charge is 0.508 e. The van der Waals surface area contributed by atoms with E-state index in [0.29, 0.717) is 34.2 Å². The van der Waals surface area contributed by atoms with E-state index in [-0.39, 0.29) is 38.2 Å². The first-order valence-corrected chi connectivity index (χ1v) is 21.7. The second-order valence-electron chi connectivity index (χ2n) is 17.0. The Balaban J connectivity index is 1.10. The van der Waals surface area contributed by atoms with Gasteiger partial charge in [-0.2, -0.15) is 0 Å². The maximum atomic E-state index is 14.2. The highest BCUT2D eigenvalue weighted by atomic mass is 16.8. The van der Waals surface area contributed by atoms with Gasteiger partial charge >= 0.3 is 11.9 Å². The molecule has 5 aromatic carbocycles. The summed E-state index contributed by atoms with van der Waals surface area (Å²) in [4.78, 5) is 53.8. The molecule has 12 nitrogen and oxygen atoms in total. The summed E-state index contributed by atoms with van der Waals surface area (Å²) in [5.74, 6) is -3.11. The summed E-state index contributed by atoms with van der Waals surface area (Å²) < 4.78 is 25.5. The fourth-order valence-electron chi connectivity index (χ4n) is 7.90. The number of aromatic hydroxyl groups is 1. The molecule has 65 heavy (non-hydrogen) atoms. The summed E-state index contributed by atoms with van der Waals surface area (Å²) in [5, 5.41) is 25.9. The molecule has 336 valence electrons. The molecule has 1 aliphatic heterocycles. The Kier molecular flexibility index (Phi) is 14.7. The summed E-state index contributed by atoms with van der Waals surface area (Å²) in [6.45, 7) is 5.01. The number of aliphatic hydroxyl groups is 1. The number of amides is 2. The summed E-state index contributed by atoms with van der Waals surface area (Å²) in [6.07, 6.45) is 3.52. The lowest BCUT2D eigenvalue weighted by Gasteiger charge is -2.31. The van der Waals surface area contributed by atoms with Crippen molar-refractivity contribution < 1.29 is 48.3 Å². The first-order valence-electron chi connectivity index (χ1n) is 21.7. The Morgan fingerprint density at radius 2 is 1.51 bits per heavy atom. The van der Waals surface area contributed by atoms with Crippen LogP contribution in [0.15, 0.2) is 151 Å². The molecule has 1 fully saturated rings. The number of carbonyl (C=O) groups excluding carboxylic acids is 4. The predicted molar refractivity (Wildman–Crippen MR) is 244 cm³/mol. The van der Waals surface area contributed by atoms with Crippen molar-refractivity contribution in [2.24, 2.45) is 0 Å². The van der Waals surface area contributed by atoms with E-state index >= 15 is 0 Å². The molecule has 0 spiro atoms. The predicted octanol–water partition coefficient (Wildman–Crippen LogP) is 7.72. The van der Waals surface area contributed by atoms with Crippen molar-refractivity contribution in [2.75, 3.05) is 6.61 Å². The SMILES string of the molecule is CC(C)(C)OC(=O)CCC(CO)NC(=O)c1cccc(CNC(=O)C2=CC3OC(c4ccccc4)(c4ccccc4)OC3C(OC(=O)c3ccccc3C=CCc3ccccc3O)C2)c1. The molecule has 7 rings (SSSR count). The zero-order valence-electron chi connectivity index (χ0n) is 36.6. The number of phenols is 1. The highest BCUT2D eigenvalue weighted by Crippen LogP contribution is 2.47. The lowest BCUT2D eigenvalue weighted by atomic mass is 9.91. The fraction of sp³-hybridized carbons (Fsp3) is 0.283. The lowest BCUT2D eigenvalue weighted by Crippen LogP contribution is -2.43. The number of fused-ring (bicyclic) bond motifs is 1. The van der Waals surface area contributed by atoms with E-state index in [2.05, 4.69) is 10.6 Å². The van der Waals surface area contributed by atoms with Gasteiger partial charge in [0, 0.05) is 41.6 Å². The van der Waals surface area contributed by atoms with E-state index in [0.717, 1.165) is 16.7 Å². The molecule has 0 saturated carbocycles. The molecule has 2 aliphatic rings. The van der Waals surface area contributed by atoms with Crippen molar-refractivity contribution in [1.29, 1.82) is 0 Å². The number of carbonyl (C=O) groups is 4. The molecule has 4 atom stereocenters. The molecule has 12 heteroatoms. The summed E-state index contributed by atoms with van der Waals surface area (Å²) in [7, 11) is 0. The highest BCUT2D eigenvalue weighted by molar-refractivity contribution is 5.96. The second-order valence-corrected chi connectivity index (χ2v) is 17.0. The van der Waals surface area contributed by atoms with E-state index in [4.69, 9.17) is 18.9 Å². The third kappa shape index (κ3) is 11.6. The maximum absolute atomic E-state index is 14.2. The van der Waals surface area contributed by atoms with Crippen LogP contribution in [0.2, 0.25) is 0 Å². The van der Waals surface area contributed by atoms with Gasteiger partial charge in [0.1, 0.15) is 29.7 Å². The van der Waals surface area contributed by atoms with Crippen LogP contribution in [0.5, 0.6) is 5.75 Å². The molecular weight excluding hydrogens is 825 g/mol. The molecular formula is C53H54N2O10. The number of esters is 2. The van der Waals surface area contributed by atoms with Gasteiger partial charge in [-0.3, -0.25) is 14.4 Å². The van der Waals surface area contributed by atoms with Crippen LogP contribution < -0.4 is 10.6 Å². The van der Waals surface area contributed by atoms with E-state index in [9.17, 15) is 29.4 Å². The number of phenolic OH excluding ortho intramolecular Hbond substituents is 1. The van der Waals surface area contributed by atoms with Crippen LogP contribution in [0.25, 0.3) is 6.08 Å². The quantitative estimate of drug-likeness (QED) is 0.0721. The minimum absolute atomic E-state index is 0.0152. The van der Waals surface area contributed by atoms with Gasteiger partial charge in [0.05, 0.1) is 18.2 Å². The average Bonchev–Trinajstić information content (AvgIpc) is 3.72. The van der Waals surface area contributed by atoms with Gasteiger partial charge in [0.25, 0.3) is 5.91 Å². The number of hydrogen-bond donors (Lipinski definition) is 4. The van der Waals surface area contributed by atoms with Gasteiger partial charge in [-0.25, -0.2) is 4.79 Å². The normalized spacial score (nSPS) is 18.2. The molecule has 1 heterocycles. The second kappa shape index (κ2) is 20.8.